The zero-order valence-electron chi connectivity index (χ0n) is 21.5. The van der Waals surface area contributed by atoms with Crippen molar-refractivity contribution in [2.24, 2.45) is 11.8 Å². The summed E-state index contributed by atoms with van der Waals surface area (Å²) in [6, 6.07) is 12.5. The molecule has 8 nitrogen and oxygen atoms in total. The standard InChI is InChI=1S/C27H33ClN4O4/c1-16(2)13-21-11-12-22(14-23(21)28)29-25-30-26(34)32(19(5)18(4)24(33)36-6)27(35)31(25)15-20-9-7-17(3)8-10-20/h7-12,14,16,18-19H,13,15H2,1-6H3,(H,29,30,34)/t18-,19+/m1/s1. The molecule has 9 heteroatoms. The minimum Gasteiger partial charge on any atom is -0.469 e. The number of carbonyl (C=O) groups excluding carboxylic acids is 1. The number of esters is 1. The molecule has 0 saturated carbocycles. The van der Waals surface area contributed by atoms with Crippen molar-refractivity contribution in [2.75, 3.05) is 12.4 Å². The van der Waals surface area contributed by atoms with Gasteiger partial charge in [0.15, 0.2) is 0 Å². The first-order valence-corrected chi connectivity index (χ1v) is 12.3. The van der Waals surface area contributed by atoms with Crippen LogP contribution in [0.3, 0.4) is 0 Å². The van der Waals surface area contributed by atoms with Crippen molar-refractivity contribution >= 4 is 29.2 Å². The maximum Gasteiger partial charge on any atom is 0.355 e. The number of aromatic nitrogens is 3. The summed E-state index contributed by atoms with van der Waals surface area (Å²) in [6.07, 6.45) is 0.835. The molecular formula is C27H33ClN4O4. The number of halogens is 1. The van der Waals surface area contributed by atoms with E-state index >= 15 is 0 Å². The Balaban J connectivity index is 2.09. The van der Waals surface area contributed by atoms with Crippen LogP contribution in [0.4, 0.5) is 11.6 Å². The number of aryl methyl sites for hydroxylation is 1. The number of carbonyl (C=O) groups is 1. The molecule has 0 amide bonds. The van der Waals surface area contributed by atoms with Crippen LogP contribution in [0.1, 0.15) is 50.4 Å². The van der Waals surface area contributed by atoms with Crippen LogP contribution in [0.15, 0.2) is 52.1 Å². The van der Waals surface area contributed by atoms with Crippen molar-refractivity contribution in [3.05, 3.63) is 85.1 Å². The van der Waals surface area contributed by atoms with Gasteiger partial charge in [0, 0.05) is 10.7 Å². The maximum absolute atomic E-state index is 13.6. The van der Waals surface area contributed by atoms with Gasteiger partial charge in [-0.15, -0.1) is 0 Å². The second-order valence-corrected chi connectivity index (χ2v) is 9.93. The molecule has 0 fully saturated rings. The molecule has 1 aromatic heterocycles. The molecule has 36 heavy (non-hydrogen) atoms. The molecule has 0 unspecified atom stereocenters. The van der Waals surface area contributed by atoms with Crippen LogP contribution in [0.2, 0.25) is 5.02 Å². The summed E-state index contributed by atoms with van der Waals surface area (Å²) in [5.74, 6) is -0.699. The number of benzene rings is 2. The number of anilines is 2. The summed E-state index contributed by atoms with van der Waals surface area (Å²) >= 11 is 6.49. The minimum absolute atomic E-state index is 0.0902. The van der Waals surface area contributed by atoms with Gasteiger partial charge in [0.25, 0.3) is 0 Å². The number of ether oxygens (including phenoxy) is 1. The van der Waals surface area contributed by atoms with E-state index < -0.39 is 29.3 Å². The summed E-state index contributed by atoms with van der Waals surface area (Å²) in [4.78, 5) is 43.0. The van der Waals surface area contributed by atoms with Crippen LogP contribution in [-0.4, -0.2) is 27.2 Å². The van der Waals surface area contributed by atoms with Gasteiger partial charge in [-0.05, 0) is 56.4 Å². The molecule has 2 atom stereocenters. The van der Waals surface area contributed by atoms with Crippen molar-refractivity contribution in [3.8, 4) is 0 Å². The second-order valence-electron chi connectivity index (χ2n) is 9.52. The zero-order valence-corrected chi connectivity index (χ0v) is 22.3. The Morgan fingerprint density at radius 1 is 1.08 bits per heavy atom. The monoisotopic (exact) mass is 512 g/mol. The van der Waals surface area contributed by atoms with Crippen molar-refractivity contribution in [3.63, 3.8) is 0 Å². The molecule has 0 bridgehead atoms. The largest absolute Gasteiger partial charge is 0.469 e. The summed E-state index contributed by atoms with van der Waals surface area (Å²) < 4.78 is 7.20. The predicted octanol–water partition coefficient (Wildman–Crippen LogP) is 4.73. The lowest BCUT2D eigenvalue weighted by Crippen LogP contribution is -2.46. The van der Waals surface area contributed by atoms with E-state index in [1.165, 1.54) is 11.7 Å². The second kappa shape index (κ2) is 11.6. The fraction of sp³-hybridized carbons (Fsp3) is 0.407. The first-order chi connectivity index (χ1) is 17.0. The van der Waals surface area contributed by atoms with Crippen LogP contribution in [0.25, 0.3) is 0 Å². The van der Waals surface area contributed by atoms with E-state index in [1.807, 2.05) is 43.3 Å². The average Bonchev–Trinajstić information content (AvgIpc) is 2.83. The molecule has 1 N–H and O–H groups in total. The van der Waals surface area contributed by atoms with Gasteiger partial charge in [0.2, 0.25) is 5.95 Å². The highest BCUT2D eigenvalue weighted by atomic mass is 35.5. The van der Waals surface area contributed by atoms with E-state index in [4.69, 9.17) is 16.3 Å². The maximum atomic E-state index is 13.6. The van der Waals surface area contributed by atoms with E-state index in [2.05, 4.69) is 24.1 Å². The van der Waals surface area contributed by atoms with Gasteiger partial charge in [0.05, 0.1) is 25.6 Å². The third kappa shape index (κ3) is 6.23. The van der Waals surface area contributed by atoms with E-state index in [0.29, 0.717) is 16.6 Å². The fourth-order valence-electron chi connectivity index (χ4n) is 3.94. The lowest BCUT2D eigenvalue weighted by molar-refractivity contribution is -0.146. The number of rotatable bonds is 9. The molecule has 0 aliphatic carbocycles. The van der Waals surface area contributed by atoms with Crippen LogP contribution in [0.5, 0.6) is 0 Å². The summed E-state index contributed by atoms with van der Waals surface area (Å²) in [5, 5.41) is 3.69. The molecule has 0 aliphatic heterocycles. The molecule has 0 aliphatic rings. The Morgan fingerprint density at radius 3 is 2.33 bits per heavy atom. The smallest absolute Gasteiger partial charge is 0.355 e. The number of hydrogen-bond donors (Lipinski definition) is 1. The third-order valence-corrected chi connectivity index (χ3v) is 6.55. The number of hydrogen-bond acceptors (Lipinski definition) is 6. The molecule has 0 spiro atoms. The van der Waals surface area contributed by atoms with Gasteiger partial charge in [-0.2, -0.15) is 4.98 Å². The molecule has 0 radical (unpaired) electrons. The Kier molecular flexibility index (Phi) is 8.74. The van der Waals surface area contributed by atoms with Crippen LogP contribution in [0, 0.1) is 18.8 Å². The van der Waals surface area contributed by atoms with Gasteiger partial charge in [-0.3, -0.25) is 9.36 Å². The fourth-order valence-corrected chi connectivity index (χ4v) is 4.19. The Labute approximate surface area is 215 Å². The van der Waals surface area contributed by atoms with E-state index in [0.717, 1.165) is 27.7 Å². The highest BCUT2D eigenvalue weighted by Gasteiger charge is 2.27. The molecule has 1 heterocycles. The number of methoxy groups -OCH3 is 1. The summed E-state index contributed by atoms with van der Waals surface area (Å²) in [7, 11) is 1.27. The van der Waals surface area contributed by atoms with Gasteiger partial charge in [0.1, 0.15) is 0 Å². The average molecular weight is 513 g/mol. The van der Waals surface area contributed by atoms with Crippen molar-refractivity contribution in [2.45, 2.75) is 53.6 Å². The van der Waals surface area contributed by atoms with Gasteiger partial charge in [-0.25, -0.2) is 14.2 Å². The first kappa shape index (κ1) is 27.2. The topological polar surface area (TPSA) is 95.2 Å². The first-order valence-electron chi connectivity index (χ1n) is 11.9. The molecule has 3 aromatic rings. The Hall–Kier alpha value is -3.39. The van der Waals surface area contributed by atoms with E-state index in [1.54, 1.807) is 19.9 Å². The van der Waals surface area contributed by atoms with Crippen LogP contribution < -0.4 is 16.7 Å². The lowest BCUT2D eigenvalue weighted by Gasteiger charge is -2.22. The van der Waals surface area contributed by atoms with Gasteiger partial charge < -0.3 is 10.1 Å². The summed E-state index contributed by atoms with van der Waals surface area (Å²) in [6.45, 7) is 9.63. The van der Waals surface area contributed by atoms with Crippen LogP contribution in [-0.2, 0) is 22.5 Å². The Morgan fingerprint density at radius 2 is 1.75 bits per heavy atom. The highest BCUT2D eigenvalue weighted by molar-refractivity contribution is 6.31. The number of nitrogens with one attached hydrogen (secondary N) is 1. The van der Waals surface area contributed by atoms with E-state index in [-0.39, 0.29) is 12.5 Å². The third-order valence-electron chi connectivity index (χ3n) is 6.20. The molecule has 2 aromatic carbocycles. The Bertz CT molecular complexity index is 1350. The van der Waals surface area contributed by atoms with Crippen molar-refractivity contribution < 1.29 is 9.53 Å². The minimum atomic E-state index is -0.756. The summed E-state index contributed by atoms with van der Waals surface area (Å²) in [5.41, 5.74) is 2.23. The van der Waals surface area contributed by atoms with Gasteiger partial charge >= 0.3 is 17.3 Å². The normalized spacial score (nSPS) is 12.9. The zero-order chi connectivity index (χ0) is 26.6. The lowest BCUT2D eigenvalue weighted by atomic mass is 10.0. The SMILES string of the molecule is COC(=O)[C@H](C)[C@H](C)n1c(=O)nc(Nc2ccc(CC(C)C)c(Cl)c2)n(Cc2ccc(C)cc2)c1=O. The van der Waals surface area contributed by atoms with Crippen LogP contribution >= 0.6 is 11.6 Å². The molecule has 3 rings (SSSR count). The van der Waals surface area contributed by atoms with E-state index in [9.17, 15) is 14.4 Å². The van der Waals surface area contributed by atoms with Crippen molar-refractivity contribution in [1.29, 1.82) is 0 Å². The quantitative estimate of drug-likeness (QED) is 0.416. The highest BCUT2D eigenvalue weighted by Crippen LogP contribution is 2.25. The molecule has 192 valence electrons. The molecular weight excluding hydrogens is 480 g/mol. The molecule has 0 saturated heterocycles. The number of nitrogens with zero attached hydrogens (tertiary/aromatic N) is 3. The van der Waals surface area contributed by atoms with Gasteiger partial charge in [-0.1, -0.05) is 61.3 Å². The van der Waals surface area contributed by atoms with Crippen molar-refractivity contribution in [1.82, 2.24) is 14.1 Å². The predicted molar refractivity (Wildman–Crippen MR) is 142 cm³/mol.